The van der Waals surface area contributed by atoms with Gasteiger partial charge in [-0.1, -0.05) is 36.8 Å². The summed E-state index contributed by atoms with van der Waals surface area (Å²) >= 11 is 0. The average molecular weight is 391 g/mol. The van der Waals surface area contributed by atoms with Crippen molar-refractivity contribution in [1.82, 2.24) is 5.32 Å². The number of nitrogens with one attached hydrogen (secondary N) is 1. The first kappa shape index (κ1) is 21.7. The van der Waals surface area contributed by atoms with Gasteiger partial charge in [0.2, 0.25) is 0 Å². The first-order valence-corrected chi connectivity index (χ1v) is 9.89. The van der Waals surface area contributed by atoms with Crippen LogP contribution in [-0.4, -0.2) is 37.3 Å². The number of hydrogen-bond acceptors (Lipinski definition) is 6. The first-order chi connectivity index (χ1) is 13.5. The Hall–Kier alpha value is -2.57. The number of hydrogen-bond donors (Lipinski definition) is 1. The molecule has 0 bridgehead atoms. The van der Waals surface area contributed by atoms with Crippen LogP contribution in [0.3, 0.4) is 0 Å². The zero-order valence-corrected chi connectivity index (χ0v) is 16.4. The van der Waals surface area contributed by atoms with Crippen LogP contribution in [-0.2, 0) is 23.8 Å². The number of amides is 1. The fraction of sp³-hybridized carbons (Fsp3) is 0.571. The molecule has 0 saturated heterocycles. The Kier molecular flexibility index (Phi) is 9.31. The molecule has 28 heavy (non-hydrogen) atoms. The van der Waals surface area contributed by atoms with Crippen LogP contribution in [0.4, 0.5) is 4.79 Å². The highest BCUT2D eigenvalue weighted by Gasteiger charge is 2.18. The van der Waals surface area contributed by atoms with Gasteiger partial charge in [0, 0.05) is 6.42 Å². The molecule has 1 N–H and O–H groups in total. The van der Waals surface area contributed by atoms with Crippen LogP contribution in [0, 0.1) is 0 Å². The van der Waals surface area contributed by atoms with Crippen molar-refractivity contribution < 1.29 is 28.6 Å². The van der Waals surface area contributed by atoms with Crippen LogP contribution in [0.2, 0.25) is 0 Å². The lowest BCUT2D eigenvalue weighted by atomic mass is 9.98. The number of rotatable bonds is 9. The molecule has 154 valence electrons. The second-order valence-corrected chi connectivity index (χ2v) is 6.89. The molecule has 2 rings (SSSR count). The molecule has 0 aliphatic heterocycles. The Morgan fingerprint density at radius 1 is 1.07 bits per heavy atom. The van der Waals surface area contributed by atoms with Crippen LogP contribution in [0.1, 0.15) is 63.5 Å². The van der Waals surface area contributed by atoms with Gasteiger partial charge in [-0.2, -0.15) is 0 Å². The molecule has 7 heteroatoms. The van der Waals surface area contributed by atoms with Crippen molar-refractivity contribution >= 4 is 18.0 Å². The Morgan fingerprint density at radius 3 is 2.50 bits per heavy atom. The summed E-state index contributed by atoms with van der Waals surface area (Å²) in [6.45, 7) is 1.65. The highest BCUT2D eigenvalue weighted by Crippen LogP contribution is 2.20. The number of carbonyl (C=O) groups is 3. The molecule has 0 unspecified atom stereocenters. The normalized spacial score (nSPS) is 15.3. The van der Waals surface area contributed by atoms with Crippen LogP contribution < -0.4 is 5.32 Å². The van der Waals surface area contributed by atoms with Crippen molar-refractivity contribution in [2.24, 2.45) is 0 Å². The van der Waals surface area contributed by atoms with Gasteiger partial charge in [0.1, 0.15) is 18.8 Å². The van der Waals surface area contributed by atoms with Gasteiger partial charge in [-0.05, 0) is 44.6 Å². The molecule has 1 atom stereocenters. The van der Waals surface area contributed by atoms with Gasteiger partial charge < -0.3 is 19.5 Å². The minimum atomic E-state index is -0.595. The van der Waals surface area contributed by atoms with Crippen molar-refractivity contribution in [1.29, 1.82) is 0 Å². The maximum atomic E-state index is 11.8. The largest absolute Gasteiger partial charge is 0.464 e. The fourth-order valence-electron chi connectivity index (χ4n) is 3.02. The molecule has 0 spiro atoms. The number of alkyl carbamates (subject to hydrolysis) is 1. The van der Waals surface area contributed by atoms with E-state index in [1.807, 2.05) is 37.3 Å². The predicted molar refractivity (Wildman–Crippen MR) is 102 cm³/mol. The molecule has 1 amide bonds. The second kappa shape index (κ2) is 12.0. The lowest BCUT2D eigenvalue weighted by Gasteiger charge is -2.21. The molecular formula is C21H29NO6. The Bertz CT molecular complexity index is 627. The number of ether oxygens (including phenoxy) is 3. The van der Waals surface area contributed by atoms with Gasteiger partial charge >= 0.3 is 18.0 Å². The summed E-state index contributed by atoms with van der Waals surface area (Å²) in [7, 11) is 0. The highest BCUT2D eigenvalue weighted by atomic mass is 16.6. The van der Waals surface area contributed by atoms with Gasteiger partial charge in [-0.3, -0.25) is 9.59 Å². The quantitative estimate of drug-likeness (QED) is 0.392. The number of carbonyl (C=O) groups excluding carboxylic acids is 3. The molecule has 0 heterocycles. The lowest BCUT2D eigenvalue weighted by Crippen LogP contribution is -2.34. The zero-order chi connectivity index (χ0) is 20.2. The van der Waals surface area contributed by atoms with Crippen molar-refractivity contribution in [3.63, 3.8) is 0 Å². The maximum absolute atomic E-state index is 11.8. The first-order valence-electron chi connectivity index (χ1n) is 9.89. The maximum Gasteiger partial charge on any atom is 0.407 e. The van der Waals surface area contributed by atoms with Crippen LogP contribution >= 0.6 is 0 Å². The summed E-state index contributed by atoms with van der Waals surface area (Å²) in [5.41, 5.74) is 0.925. The molecule has 0 aromatic heterocycles. The fourth-order valence-corrected chi connectivity index (χ4v) is 3.02. The summed E-state index contributed by atoms with van der Waals surface area (Å²) in [5.74, 6) is -0.909. The lowest BCUT2D eigenvalue weighted by molar-refractivity contribution is -0.150. The molecule has 1 fully saturated rings. The standard InChI is InChI=1S/C21H29NO6/c1-16(17-9-4-2-5-10-17)27-19(23)13-8-14-26-20(24)15-22-21(25)28-18-11-6-3-7-12-18/h2,4-5,9-10,16,18H,3,6-8,11-15H2,1H3,(H,22,25)/t16-/m1/s1. The third-order valence-corrected chi connectivity index (χ3v) is 4.57. The summed E-state index contributed by atoms with van der Waals surface area (Å²) in [5, 5.41) is 2.40. The van der Waals surface area contributed by atoms with Crippen molar-refractivity contribution in [3.05, 3.63) is 35.9 Å². The summed E-state index contributed by atoms with van der Waals surface area (Å²) in [4.78, 5) is 35.1. The molecule has 1 aromatic carbocycles. The molecule has 1 aliphatic rings. The molecular weight excluding hydrogens is 362 g/mol. The van der Waals surface area contributed by atoms with Crippen molar-refractivity contribution in [2.45, 2.75) is 64.1 Å². The number of esters is 2. The minimum Gasteiger partial charge on any atom is -0.464 e. The Balaban J connectivity index is 1.52. The third-order valence-electron chi connectivity index (χ3n) is 4.57. The van der Waals surface area contributed by atoms with E-state index in [1.54, 1.807) is 0 Å². The minimum absolute atomic E-state index is 0.0611. The second-order valence-electron chi connectivity index (χ2n) is 6.89. The van der Waals surface area contributed by atoms with E-state index in [0.29, 0.717) is 6.42 Å². The van der Waals surface area contributed by atoms with Crippen LogP contribution in [0.15, 0.2) is 30.3 Å². The average Bonchev–Trinajstić information content (AvgIpc) is 2.71. The van der Waals surface area contributed by atoms with E-state index in [1.165, 1.54) is 6.42 Å². The SMILES string of the molecule is C[C@@H](OC(=O)CCCOC(=O)CNC(=O)OC1CCCCC1)c1ccccc1. The highest BCUT2D eigenvalue weighted by molar-refractivity contribution is 5.78. The molecule has 1 aliphatic carbocycles. The van der Waals surface area contributed by atoms with Gasteiger partial charge in [-0.25, -0.2) is 4.79 Å². The smallest absolute Gasteiger partial charge is 0.407 e. The predicted octanol–water partition coefficient (Wildman–Crippen LogP) is 3.67. The van der Waals surface area contributed by atoms with E-state index >= 15 is 0 Å². The van der Waals surface area contributed by atoms with E-state index < -0.39 is 12.1 Å². The van der Waals surface area contributed by atoms with E-state index in [4.69, 9.17) is 14.2 Å². The van der Waals surface area contributed by atoms with Gasteiger partial charge in [0.05, 0.1) is 6.61 Å². The molecule has 1 aromatic rings. The molecule has 1 saturated carbocycles. The third kappa shape index (κ3) is 8.41. The van der Waals surface area contributed by atoms with Gasteiger partial charge in [0.15, 0.2) is 0 Å². The topological polar surface area (TPSA) is 90.9 Å². The van der Waals surface area contributed by atoms with Crippen molar-refractivity contribution in [3.8, 4) is 0 Å². The van der Waals surface area contributed by atoms with Gasteiger partial charge in [0.25, 0.3) is 0 Å². The van der Waals surface area contributed by atoms with E-state index in [-0.39, 0.29) is 37.7 Å². The Morgan fingerprint density at radius 2 is 1.79 bits per heavy atom. The summed E-state index contributed by atoms with van der Waals surface area (Å²) in [6.07, 6.45) is 4.58. The zero-order valence-electron chi connectivity index (χ0n) is 16.4. The summed E-state index contributed by atoms with van der Waals surface area (Å²) in [6, 6.07) is 9.46. The van der Waals surface area contributed by atoms with Crippen LogP contribution in [0.25, 0.3) is 0 Å². The molecule has 0 radical (unpaired) electrons. The van der Waals surface area contributed by atoms with E-state index in [9.17, 15) is 14.4 Å². The van der Waals surface area contributed by atoms with E-state index in [2.05, 4.69) is 5.32 Å². The Labute approximate surface area is 165 Å². The monoisotopic (exact) mass is 391 g/mol. The van der Waals surface area contributed by atoms with Crippen LogP contribution in [0.5, 0.6) is 0 Å². The van der Waals surface area contributed by atoms with Crippen molar-refractivity contribution in [2.75, 3.05) is 13.2 Å². The van der Waals surface area contributed by atoms with E-state index in [0.717, 1.165) is 31.2 Å². The molecule has 7 nitrogen and oxygen atoms in total. The summed E-state index contributed by atoms with van der Waals surface area (Å²) < 4.78 is 15.6. The number of benzene rings is 1. The van der Waals surface area contributed by atoms with Gasteiger partial charge in [-0.15, -0.1) is 0 Å².